The highest BCUT2D eigenvalue weighted by atomic mass is 32.2. The first-order chi connectivity index (χ1) is 7.17. The quantitative estimate of drug-likeness (QED) is 0.828. The molecule has 1 aromatic carbocycles. The maximum absolute atomic E-state index is 11.3. The van der Waals surface area contributed by atoms with Crippen molar-refractivity contribution in [3.8, 4) is 5.75 Å². The van der Waals surface area contributed by atoms with Crippen molar-refractivity contribution in [2.24, 2.45) is 5.73 Å². The Morgan fingerprint density at radius 3 is 2.87 bits per heavy atom. The maximum atomic E-state index is 11.3. The van der Waals surface area contributed by atoms with Gasteiger partial charge in [0.1, 0.15) is 5.75 Å². The molecule has 2 atom stereocenters. The van der Waals surface area contributed by atoms with Crippen molar-refractivity contribution in [2.45, 2.75) is 13.0 Å². The van der Waals surface area contributed by atoms with Gasteiger partial charge in [0, 0.05) is 28.3 Å². The topological polar surface area (TPSA) is 52.3 Å². The molecule has 0 saturated heterocycles. The predicted molar refractivity (Wildman–Crippen MR) is 63.5 cm³/mol. The fourth-order valence-electron chi connectivity index (χ4n) is 1.29. The van der Waals surface area contributed by atoms with Crippen LogP contribution in [0.2, 0.25) is 0 Å². The molecule has 1 aromatic rings. The smallest absolute Gasteiger partial charge is 0.119 e. The highest BCUT2D eigenvalue weighted by Crippen LogP contribution is 2.18. The second-order valence-electron chi connectivity index (χ2n) is 3.28. The Hall–Kier alpha value is -0.870. The summed E-state index contributed by atoms with van der Waals surface area (Å²) in [5, 5.41) is 0. The number of benzene rings is 1. The number of nitrogens with two attached hydrogens (primary N) is 1. The lowest BCUT2D eigenvalue weighted by Gasteiger charge is -2.12. The van der Waals surface area contributed by atoms with Crippen LogP contribution in [0.25, 0.3) is 0 Å². The number of hydrogen-bond donors (Lipinski definition) is 1. The summed E-state index contributed by atoms with van der Waals surface area (Å²) in [6.45, 7) is 1.90. The molecule has 2 N–H and O–H groups in total. The molecule has 0 fully saturated rings. The van der Waals surface area contributed by atoms with Crippen LogP contribution in [0.5, 0.6) is 5.75 Å². The van der Waals surface area contributed by atoms with E-state index in [1.807, 2.05) is 31.2 Å². The Labute approximate surface area is 93.1 Å². The molecule has 2 unspecified atom stereocenters. The standard InChI is InChI=1S/C11H17NO2S/c1-3-15(13)8-11(12)9-5-4-6-10(7-9)14-2/h4-7,11H,3,8,12H2,1-2H3. The minimum Gasteiger partial charge on any atom is -0.497 e. The van der Waals surface area contributed by atoms with E-state index >= 15 is 0 Å². The molecule has 84 valence electrons. The monoisotopic (exact) mass is 227 g/mol. The van der Waals surface area contributed by atoms with Crippen molar-refractivity contribution in [3.63, 3.8) is 0 Å². The van der Waals surface area contributed by atoms with Gasteiger partial charge in [-0.3, -0.25) is 4.21 Å². The molecule has 0 spiro atoms. The Kier molecular flexibility index (Phi) is 4.78. The average Bonchev–Trinajstić information content (AvgIpc) is 2.28. The number of ether oxygens (including phenoxy) is 1. The molecule has 0 radical (unpaired) electrons. The summed E-state index contributed by atoms with van der Waals surface area (Å²) in [5.74, 6) is 1.94. The van der Waals surface area contributed by atoms with E-state index in [-0.39, 0.29) is 6.04 Å². The minimum atomic E-state index is -0.832. The normalized spacial score (nSPS) is 14.6. The van der Waals surface area contributed by atoms with E-state index in [4.69, 9.17) is 10.5 Å². The van der Waals surface area contributed by atoms with Crippen LogP contribution in [0.4, 0.5) is 0 Å². The first-order valence-corrected chi connectivity index (χ1v) is 6.40. The molecule has 0 aliphatic rings. The zero-order valence-electron chi connectivity index (χ0n) is 9.10. The van der Waals surface area contributed by atoms with Crippen molar-refractivity contribution in [1.82, 2.24) is 0 Å². The summed E-state index contributed by atoms with van der Waals surface area (Å²) in [7, 11) is 0.788. The van der Waals surface area contributed by atoms with E-state index in [0.29, 0.717) is 11.5 Å². The fourth-order valence-corrected chi connectivity index (χ4v) is 2.12. The zero-order valence-corrected chi connectivity index (χ0v) is 9.92. The van der Waals surface area contributed by atoms with Crippen molar-refractivity contribution in [2.75, 3.05) is 18.6 Å². The largest absolute Gasteiger partial charge is 0.497 e. The lowest BCUT2D eigenvalue weighted by molar-refractivity contribution is 0.414. The van der Waals surface area contributed by atoms with Crippen LogP contribution in [0.15, 0.2) is 24.3 Å². The molecule has 0 aliphatic heterocycles. The lowest BCUT2D eigenvalue weighted by atomic mass is 10.1. The van der Waals surface area contributed by atoms with Crippen molar-refractivity contribution >= 4 is 10.8 Å². The van der Waals surface area contributed by atoms with Gasteiger partial charge >= 0.3 is 0 Å². The molecule has 15 heavy (non-hydrogen) atoms. The van der Waals surface area contributed by atoms with Crippen LogP contribution >= 0.6 is 0 Å². The summed E-state index contributed by atoms with van der Waals surface area (Å²) < 4.78 is 16.5. The zero-order chi connectivity index (χ0) is 11.3. The molecule has 0 saturated carbocycles. The molecular weight excluding hydrogens is 210 g/mol. The molecule has 4 heteroatoms. The number of methoxy groups -OCH3 is 1. The van der Waals surface area contributed by atoms with Crippen molar-refractivity contribution in [1.29, 1.82) is 0 Å². The van der Waals surface area contributed by atoms with Crippen LogP contribution in [0.3, 0.4) is 0 Å². The Bertz CT molecular complexity index is 341. The number of hydrogen-bond acceptors (Lipinski definition) is 3. The summed E-state index contributed by atoms with van der Waals surface area (Å²) in [6.07, 6.45) is 0. The molecule has 0 bridgehead atoms. The van der Waals surface area contributed by atoms with Crippen LogP contribution in [-0.4, -0.2) is 22.8 Å². The highest BCUT2D eigenvalue weighted by Gasteiger charge is 2.09. The van der Waals surface area contributed by atoms with Gasteiger partial charge in [0.25, 0.3) is 0 Å². The van der Waals surface area contributed by atoms with E-state index in [1.165, 1.54) is 0 Å². The predicted octanol–water partition coefficient (Wildman–Crippen LogP) is 1.46. The average molecular weight is 227 g/mol. The van der Waals surface area contributed by atoms with Gasteiger partial charge in [-0.15, -0.1) is 0 Å². The summed E-state index contributed by atoms with van der Waals surface area (Å²) in [5.41, 5.74) is 6.92. The van der Waals surface area contributed by atoms with Crippen LogP contribution in [0.1, 0.15) is 18.5 Å². The molecule has 1 rings (SSSR count). The molecule has 0 aromatic heterocycles. The van der Waals surface area contributed by atoms with E-state index in [1.54, 1.807) is 7.11 Å². The SMILES string of the molecule is CCS(=O)CC(N)c1cccc(OC)c1. The Morgan fingerprint density at radius 2 is 2.27 bits per heavy atom. The van der Waals surface area contributed by atoms with Crippen LogP contribution < -0.4 is 10.5 Å². The highest BCUT2D eigenvalue weighted by molar-refractivity contribution is 7.84. The lowest BCUT2D eigenvalue weighted by Crippen LogP contribution is -2.19. The van der Waals surface area contributed by atoms with Gasteiger partial charge in [-0.2, -0.15) is 0 Å². The van der Waals surface area contributed by atoms with Gasteiger partial charge in [-0.05, 0) is 17.7 Å². The van der Waals surface area contributed by atoms with E-state index in [9.17, 15) is 4.21 Å². The summed E-state index contributed by atoms with van der Waals surface area (Å²) >= 11 is 0. The first-order valence-electron chi connectivity index (χ1n) is 4.92. The Balaban J connectivity index is 2.72. The van der Waals surface area contributed by atoms with Gasteiger partial charge in [0.2, 0.25) is 0 Å². The van der Waals surface area contributed by atoms with Gasteiger partial charge in [-0.25, -0.2) is 0 Å². The second kappa shape index (κ2) is 5.88. The molecular formula is C11H17NO2S. The molecule has 0 amide bonds. The summed E-state index contributed by atoms with van der Waals surface area (Å²) in [4.78, 5) is 0. The molecule has 0 heterocycles. The minimum absolute atomic E-state index is 0.180. The fraction of sp³-hybridized carbons (Fsp3) is 0.455. The van der Waals surface area contributed by atoms with Crippen molar-refractivity contribution < 1.29 is 8.95 Å². The van der Waals surface area contributed by atoms with Gasteiger partial charge in [-0.1, -0.05) is 19.1 Å². The second-order valence-corrected chi connectivity index (χ2v) is 5.07. The summed E-state index contributed by atoms with van der Waals surface area (Å²) in [6, 6.07) is 7.40. The molecule has 0 aliphatic carbocycles. The third kappa shape index (κ3) is 3.64. The Morgan fingerprint density at radius 1 is 1.53 bits per heavy atom. The van der Waals surface area contributed by atoms with Gasteiger partial charge < -0.3 is 10.5 Å². The van der Waals surface area contributed by atoms with Crippen LogP contribution in [0, 0.1) is 0 Å². The van der Waals surface area contributed by atoms with Gasteiger partial charge in [0.05, 0.1) is 7.11 Å². The third-order valence-electron chi connectivity index (χ3n) is 2.21. The number of rotatable bonds is 5. The van der Waals surface area contributed by atoms with E-state index in [0.717, 1.165) is 11.3 Å². The van der Waals surface area contributed by atoms with Gasteiger partial charge in [0.15, 0.2) is 0 Å². The first kappa shape index (κ1) is 12.2. The van der Waals surface area contributed by atoms with Crippen molar-refractivity contribution in [3.05, 3.63) is 29.8 Å². The van der Waals surface area contributed by atoms with E-state index in [2.05, 4.69) is 0 Å². The molecule has 3 nitrogen and oxygen atoms in total. The van der Waals surface area contributed by atoms with E-state index < -0.39 is 10.8 Å². The maximum Gasteiger partial charge on any atom is 0.119 e. The van der Waals surface area contributed by atoms with Crippen LogP contribution in [-0.2, 0) is 10.8 Å². The third-order valence-corrected chi connectivity index (χ3v) is 3.58.